The Balaban J connectivity index is 1.43. The van der Waals surface area contributed by atoms with Crippen LogP contribution in [0.3, 0.4) is 0 Å². The van der Waals surface area contributed by atoms with Crippen LogP contribution >= 0.6 is 0 Å². The molecule has 0 radical (unpaired) electrons. The lowest BCUT2D eigenvalue weighted by Gasteiger charge is -2.10. The first kappa shape index (κ1) is 18.4. The van der Waals surface area contributed by atoms with Gasteiger partial charge in [0.2, 0.25) is 5.88 Å². The predicted octanol–water partition coefficient (Wildman–Crippen LogP) is 2.83. The third kappa shape index (κ3) is 3.99. The van der Waals surface area contributed by atoms with Crippen LogP contribution in [0, 0.1) is 12.8 Å². The van der Waals surface area contributed by atoms with Crippen LogP contribution in [-0.4, -0.2) is 45.2 Å². The molecule has 0 amide bonds. The Morgan fingerprint density at radius 1 is 1.21 bits per heavy atom. The number of ether oxygens (including phenoxy) is 2. The predicted molar refractivity (Wildman–Crippen MR) is 104 cm³/mol. The maximum absolute atomic E-state index is 9.09. The fourth-order valence-corrected chi connectivity index (χ4v) is 3.32. The second-order valence-corrected chi connectivity index (χ2v) is 7.12. The Morgan fingerprint density at radius 2 is 2.11 bits per heavy atom. The summed E-state index contributed by atoms with van der Waals surface area (Å²) in [6.07, 6.45) is 8.32. The highest BCUT2D eigenvalue weighted by molar-refractivity contribution is 5.67. The van der Waals surface area contributed by atoms with Gasteiger partial charge in [0.25, 0.3) is 0 Å². The molecule has 4 rings (SSSR count). The quantitative estimate of drug-likeness (QED) is 0.647. The van der Waals surface area contributed by atoms with Gasteiger partial charge in [0.1, 0.15) is 5.75 Å². The van der Waals surface area contributed by atoms with Crippen LogP contribution in [0.5, 0.6) is 11.6 Å². The van der Waals surface area contributed by atoms with Gasteiger partial charge in [-0.15, -0.1) is 0 Å². The molecule has 3 aromatic heterocycles. The fraction of sp³-hybridized carbons (Fsp3) is 0.381. The first-order valence-corrected chi connectivity index (χ1v) is 9.41. The monoisotopic (exact) mass is 380 g/mol. The summed E-state index contributed by atoms with van der Waals surface area (Å²) in [6.45, 7) is 3.13. The highest BCUT2D eigenvalue weighted by Gasteiger charge is 2.40. The lowest BCUT2D eigenvalue weighted by molar-refractivity contribution is 0.269. The van der Waals surface area contributed by atoms with E-state index in [1.54, 1.807) is 24.2 Å². The maximum atomic E-state index is 9.09. The zero-order valence-corrected chi connectivity index (χ0v) is 16.1. The highest BCUT2D eigenvalue weighted by Crippen LogP contribution is 2.47. The number of nitrogens with zero attached hydrogens (tertiary/aromatic N) is 4. The average Bonchev–Trinajstić information content (AvgIpc) is 3.35. The molecule has 2 unspecified atom stereocenters. The van der Waals surface area contributed by atoms with Crippen molar-refractivity contribution in [3.05, 3.63) is 54.2 Å². The number of methoxy groups -OCH3 is 1. The lowest BCUT2D eigenvalue weighted by Crippen LogP contribution is -2.04. The van der Waals surface area contributed by atoms with Gasteiger partial charge in [0.05, 0.1) is 39.3 Å². The summed E-state index contributed by atoms with van der Waals surface area (Å²) in [5.41, 5.74) is 3.99. The van der Waals surface area contributed by atoms with Crippen LogP contribution < -0.4 is 9.47 Å². The minimum Gasteiger partial charge on any atom is -0.495 e. The summed E-state index contributed by atoms with van der Waals surface area (Å²) in [5.74, 6) is 2.25. The molecular formula is C21H24N4O3. The number of pyridine rings is 2. The van der Waals surface area contributed by atoms with Crippen LogP contribution in [0.15, 0.2) is 43.0 Å². The van der Waals surface area contributed by atoms with Gasteiger partial charge >= 0.3 is 0 Å². The molecule has 0 bridgehead atoms. The van der Waals surface area contributed by atoms with Gasteiger partial charge in [0, 0.05) is 41.1 Å². The normalized spacial score (nSPS) is 18.1. The van der Waals surface area contributed by atoms with Gasteiger partial charge in [-0.1, -0.05) is 0 Å². The van der Waals surface area contributed by atoms with Gasteiger partial charge < -0.3 is 14.6 Å². The van der Waals surface area contributed by atoms with Crippen molar-refractivity contribution in [2.45, 2.75) is 25.8 Å². The molecule has 1 N–H and O–H groups in total. The molecule has 1 fully saturated rings. The Labute approximate surface area is 164 Å². The van der Waals surface area contributed by atoms with E-state index in [0.29, 0.717) is 30.9 Å². The number of aliphatic hydroxyl groups excluding tert-OH is 1. The summed E-state index contributed by atoms with van der Waals surface area (Å²) in [4.78, 5) is 8.98. The smallest absolute Gasteiger partial charge is 0.221 e. The van der Waals surface area contributed by atoms with Crippen molar-refractivity contribution < 1.29 is 14.6 Å². The van der Waals surface area contributed by atoms with E-state index in [2.05, 4.69) is 21.1 Å². The van der Waals surface area contributed by atoms with E-state index in [1.165, 1.54) is 0 Å². The molecule has 1 saturated carbocycles. The maximum Gasteiger partial charge on any atom is 0.221 e. The Kier molecular flexibility index (Phi) is 5.25. The minimum absolute atomic E-state index is 0.0546. The molecule has 0 spiro atoms. The highest BCUT2D eigenvalue weighted by atomic mass is 16.5. The molecule has 0 aliphatic heterocycles. The van der Waals surface area contributed by atoms with E-state index in [-0.39, 0.29) is 6.61 Å². The van der Waals surface area contributed by atoms with Gasteiger partial charge in [-0.05, 0) is 37.1 Å². The van der Waals surface area contributed by atoms with E-state index in [4.69, 9.17) is 14.6 Å². The molecule has 146 valence electrons. The SMILES string of the molecule is COc1ccc(C2CC2COc2ncc(C)cc2-c2cnn(CCO)c2)nc1. The lowest BCUT2D eigenvalue weighted by atomic mass is 10.1. The van der Waals surface area contributed by atoms with Crippen LogP contribution in [0.4, 0.5) is 0 Å². The molecule has 7 nitrogen and oxygen atoms in total. The third-order valence-electron chi connectivity index (χ3n) is 4.99. The number of hydrogen-bond acceptors (Lipinski definition) is 6. The van der Waals surface area contributed by atoms with Crippen molar-refractivity contribution in [3.8, 4) is 22.8 Å². The van der Waals surface area contributed by atoms with Crippen LogP contribution in [-0.2, 0) is 6.54 Å². The molecule has 28 heavy (non-hydrogen) atoms. The number of aromatic nitrogens is 4. The van der Waals surface area contributed by atoms with Crippen molar-refractivity contribution in [2.24, 2.45) is 5.92 Å². The summed E-state index contributed by atoms with van der Waals surface area (Å²) < 4.78 is 13.0. The zero-order valence-electron chi connectivity index (χ0n) is 16.1. The van der Waals surface area contributed by atoms with Crippen LogP contribution in [0.1, 0.15) is 23.6 Å². The molecule has 3 heterocycles. The van der Waals surface area contributed by atoms with Crippen LogP contribution in [0.25, 0.3) is 11.1 Å². The van der Waals surface area contributed by atoms with E-state index in [0.717, 1.165) is 34.6 Å². The first-order valence-electron chi connectivity index (χ1n) is 9.41. The number of hydrogen-bond donors (Lipinski definition) is 1. The molecule has 2 atom stereocenters. The summed E-state index contributed by atoms with van der Waals surface area (Å²) in [6, 6.07) is 6.02. The second-order valence-electron chi connectivity index (χ2n) is 7.12. The average molecular weight is 380 g/mol. The Hall–Kier alpha value is -2.93. The summed E-state index contributed by atoms with van der Waals surface area (Å²) in [5, 5.41) is 13.4. The van der Waals surface area contributed by atoms with Crippen molar-refractivity contribution >= 4 is 0 Å². The van der Waals surface area contributed by atoms with Crippen molar-refractivity contribution in [1.29, 1.82) is 0 Å². The van der Waals surface area contributed by atoms with Crippen LogP contribution in [0.2, 0.25) is 0 Å². The summed E-state index contributed by atoms with van der Waals surface area (Å²) in [7, 11) is 1.64. The van der Waals surface area contributed by atoms with Crippen molar-refractivity contribution in [1.82, 2.24) is 19.7 Å². The number of rotatable bonds is 8. The first-order chi connectivity index (χ1) is 13.7. The molecular weight excluding hydrogens is 356 g/mol. The molecule has 3 aromatic rings. The fourth-order valence-electron chi connectivity index (χ4n) is 3.32. The van der Waals surface area contributed by atoms with Gasteiger partial charge in [0.15, 0.2) is 0 Å². The second kappa shape index (κ2) is 7.98. The Morgan fingerprint density at radius 3 is 2.86 bits per heavy atom. The van der Waals surface area contributed by atoms with Crippen molar-refractivity contribution in [2.75, 3.05) is 20.3 Å². The molecule has 0 aromatic carbocycles. The van der Waals surface area contributed by atoms with Crippen molar-refractivity contribution in [3.63, 3.8) is 0 Å². The topological polar surface area (TPSA) is 82.3 Å². The number of aliphatic hydroxyl groups is 1. The molecule has 1 aliphatic rings. The van der Waals surface area contributed by atoms with E-state index < -0.39 is 0 Å². The van der Waals surface area contributed by atoms with E-state index >= 15 is 0 Å². The Bertz CT molecular complexity index is 939. The number of aryl methyl sites for hydroxylation is 1. The van der Waals surface area contributed by atoms with Gasteiger partial charge in [-0.2, -0.15) is 5.10 Å². The molecule has 0 saturated heterocycles. The standard InChI is InChI=1S/C21H24N4O3/c1-14-7-19(16-10-24-25(12-16)5-6-26)21(23-9-14)28-13-15-8-18(15)20-4-3-17(27-2)11-22-20/h3-4,7,9-12,15,18,26H,5-6,8,13H2,1-2H3. The summed E-state index contributed by atoms with van der Waals surface area (Å²) >= 11 is 0. The van der Waals surface area contributed by atoms with E-state index in [9.17, 15) is 0 Å². The minimum atomic E-state index is 0.0546. The molecule has 7 heteroatoms. The zero-order chi connectivity index (χ0) is 19.5. The van der Waals surface area contributed by atoms with Gasteiger partial charge in [-0.25, -0.2) is 4.98 Å². The third-order valence-corrected chi connectivity index (χ3v) is 4.99. The van der Waals surface area contributed by atoms with E-state index in [1.807, 2.05) is 31.5 Å². The molecule has 1 aliphatic carbocycles. The van der Waals surface area contributed by atoms with Gasteiger partial charge in [-0.3, -0.25) is 9.67 Å². The largest absolute Gasteiger partial charge is 0.495 e.